The number of nitrogens with zero attached hydrogens (tertiary/aromatic N) is 1. The van der Waals surface area contributed by atoms with Crippen molar-refractivity contribution in [2.75, 3.05) is 31.2 Å². The number of benzene rings is 1. The molecule has 1 aliphatic rings. The minimum Gasteiger partial charge on any atom is -0.378 e. The maximum atomic E-state index is 6.22. The SMILES string of the molecule is Clc1cs[c]c1-c1ccccc1N1CCOCC1. The number of morpholine rings is 1. The van der Waals surface area contributed by atoms with Gasteiger partial charge in [-0.1, -0.05) is 29.8 Å². The third-order valence-corrected chi connectivity index (χ3v) is 4.19. The molecule has 0 amide bonds. The molecule has 1 aliphatic heterocycles. The van der Waals surface area contributed by atoms with E-state index in [4.69, 9.17) is 16.3 Å². The molecule has 1 aromatic heterocycles. The second-order valence-electron chi connectivity index (χ2n) is 4.18. The van der Waals surface area contributed by atoms with Crippen molar-refractivity contribution in [1.29, 1.82) is 0 Å². The molecule has 2 aromatic rings. The Kier molecular flexibility index (Phi) is 3.55. The van der Waals surface area contributed by atoms with Crippen molar-refractivity contribution < 1.29 is 4.74 Å². The first kappa shape index (κ1) is 12.0. The molecule has 0 N–H and O–H groups in total. The number of para-hydroxylation sites is 1. The Bertz CT molecular complexity index is 534. The van der Waals surface area contributed by atoms with Gasteiger partial charge in [0.05, 0.1) is 23.6 Å². The highest BCUT2D eigenvalue weighted by Gasteiger charge is 2.16. The van der Waals surface area contributed by atoms with Crippen LogP contribution in [0.2, 0.25) is 5.02 Å². The second-order valence-corrected chi connectivity index (χ2v) is 5.26. The van der Waals surface area contributed by atoms with Crippen LogP contribution in [-0.2, 0) is 4.74 Å². The fraction of sp³-hybridized carbons (Fsp3) is 0.286. The summed E-state index contributed by atoms with van der Waals surface area (Å²) >= 11 is 7.74. The summed E-state index contributed by atoms with van der Waals surface area (Å²) in [5.41, 5.74) is 3.38. The molecule has 93 valence electrons. The number of rotatable bonds is 2. The number of hydrogen-bond acceptors (Lipinski definition) is 3. The molecule has 4 heteroatoms. The summed E-state index contributed by atoms with van der Waals surface area (Å²) in [7, 11) is 0. The van der Waals surface area contributed by atoms with Crippen LogP contribution in [0.1, 0.15) is 0 Å². The summed E-state index contributed by atoms with van der Waals surface area (Å²) in [5, 5.41) is 5.96. The Morgan fingerprint density at radius 1 is 1.22 bits per heavy atom. The van der Waals surface area contributed by atoms with Gasteiger partial charge in [-0.2, -0.15) is 0 Å². The van der Waals surface area contributed by atoms with Gasteiger partial charge in [0.15, 0.2) is 0 Å². The van der Waals surface area contributed by atoms with E-state index in [1.807, 2.05) is 11.4 Å². The first-order valence-electron chi connectivity index (χ1n) is 5.93. The first-order chi connectivity index (χ1) is 8.86. The summed E-state index contributed by atoms with van der Waals surface area (Å²) in [6, 6.07) is 8.35. The quantitative estimate of drug-likeness (QED) is 0.830. The second kappa shape index (κ2) is 5.31. The number of hydrogen-bond donors (Lipinski definition) is 0. The molecule has 0 atom stereocenters. The van der Waals surface area contributed by atoms with Gasteiger partial charge >= 0.3 is 0 Å². The lowest BCUT2D eigenvalue weighted by molar-refractivity contribution is 0.123. The molecule has 1 radical (unpaired) electrons. The molecule has 3 rings (SSSR count). The lowest BCUT2D eigenvalue weighted by Gasteiger charge is -2.30. The third-order valence-electron chi connectivity index (χ3n) is 3.09. The summed E-state index contributed by atoms with van der Waals surface area (Å²) in [4.78, 5) is 2.35. The minimum atomic E-state index is 0.778. The van der Waals surface area contributed by atoms with E-state index >= 15 is 0 Å². The van der Waals surface area contributed by atoms with Crippen LogP contribution in [0.25, 0.3) is 11.1 Å². The zero-order chi connectivity index (χ0) is 12.4. The Morgan fingerprint density at radius 3 is 2.72 bits per heavy atom. The van der Waals surface area contributed by atoms with E-state index in [1.54, 1.807) is 0 Å². The molecule has 1 aromatic carbocycles. The summed E-state index contributed by atoms with van der Waals surface area (Å²) < 4.78 is 5.40. The van der Waals surface area contributed by atoms with Gasteiger partial charge in [-0.15, -0.1) is 11.3 Å². The predicted molar refractivity (Wildman–Crippen MR) is 76.6 cm³/mol. The van der Waals surface area contributed by atoms with Crippen molar-refractivity contribution >= 4 is 28.6 Å². The fourth-order valence-electron chi connectivity index (χ4n) is 2.20. The van der Waals surface area contributed by atoms with Crippen molar-refractivity contribution in [3.8, 4) is 11.1 Å². The topological polar surface area (TPSA) is 12.5 Å². The Hall–Kier alpha value is -1.03. The standard InChI is InChI=1S/C14H13ClNOS/c15-13-10-18-9-12(13)11-3-1-2-4-14(11)16-5-7-17-8-6-16/h1-4,10H,5-8H2. The van der Waals surface area contributed by atoms with Gasteiger partial charge in [-0.25, -0.2) is 0 Å². The van der Waals surface area contributed by atoms with Gasteiger partial charge in [0, 0.05) is 35.3 Å². The van der Waals surface area contributed by atoms with Crippen LogP contribution in [0.4, 0.5) is 5.69 Å². The van der Waals surface area contributed by atoms with Crippen molar-refractivity contribution in [2.45, 2.75) is 0 Å². The highest BCUT2D eigenvalue weighted by Crippen LogP contribution is 2.37. The number of halogens is 1. The van der Waals surface area contributed by atoms with Crippen LogP contribution in [-0.4, -0.2) is 26.3 Å². The third kappa shape index (κ3) is 2.26. The summed E-state index contributed by atoms with van der Waals surface area (Å²) in [6.45, 7) is 3.43. The molecule has 2 nitrogen and oxygen atoms in total. The van der Waals surface area contributed by atoms with E-state index in [-0.39, 0.29) is 0 Å². The Labute approximate surface area is 116 Å². The van der Waals surface area contributed by atoms with Gasteiger partial charge in [-0.3, -0.25) is 0 Å². The smallest absolute Gasteiger partial charge is 0.0642 e. The number of thiophene rings is 1. The normalized spacial score (nSPS) is 15.9. The van der Waals surface area contributed by atoms with Crippen molar-refractivity contribution in [3.63, 3.8) is 0 Å². The maximum absolute atomic E-state index is 6.22. The van der Waals surface area contributed by atoms with Gasteiger partial charge in [-0.05, 0) is 6.07 Å². The summed E-state index contributed by atoms with van der Waals surface area (Å²) in [5.74, 6) is 0. The average molecular weight is 279 g/mol. The zero-order valence-electron chi connectivity index (χ0n) is 9.86. The van der Waals surface area contributed by atoms with Crippen LogP contribution in [0.15, 0.2) is 29.6 Å². The monoisotopic (exact) mass is 278 g/mol. The largest absolute Gasteiger partial charge is 0.378 e. The first-order valence-corrected chi connectivity index (χ1v) is 7.19. The van der Waals surface area contributed by atoms with Crippen LogP contribution in [0, 0.1) is 5.38 Å². The highest BCUT2D eigenvalue weighted by molar-refractivity contribution is 7.08. The molecule has 2 heterocycles. The van der Waals surface area contributed by atoms with Crippen LogP contribution in [0.3, 0.4) is 0 Å². The van der Waals surface area contributed by atoms with E-state index in [9.17, 15) is 0 Å². The number of anilines is 1. The predicted octanol–water partition coefficient (Wildman–Crippen LogP) is 3.71. The molecule has 1 saturated heterocycles. The van der Waals surface area contributed by atoms with E-state index in [2.05, 4.69) is 28.5 Å². The number of ether oxygens (including phenoxy) is 1. The zero-order valence-corrected chi connectivity index (χ0v) is 11.4. The van der Waals surface area contributed by atoms with Crippen molar-refractivity contribution in [3.05, 3.63) is 40.0 Å². The van der Waals surface area contributed by atoms with Gasteiger partial charge in [0.25, 0.3) is 0 Å². The van der Waals surface area contributed by atoms with E-state index < -0.39 is 0 Å². The molecule has 0 bridgehead atoms. The van der Waals surface area contributed by atoms with Gasteiger partial charge in [0.2, 0.25) is 0 Å². The highest BCUT2D eigenvalue weighted by atomic mass is 35.5. The lowest BCUT2D eigenvalue weighted by Crippen LogP contribution is -2.36. The van der Waals surface area contributed by atoms with Gasteiger partial charge in [0.1, 0.15) is 0 Å². The molecular weight excluding hydrogens is 266 g/mol. The van der Waals surface area contributed by atoms with Crippen LogP contribution >= 0.6 is 22.9 Å². The molecule has 18 heavy (non-hydrogen) atoms. The van der Waals surface area contributed by atoms with Crippen LogP contribution < -0.4 is 4.90 Å². The Morgan fingerprint density at radius 2 is 2.00 bits per heavy atom. The maximum Gasteiger partial charge on any atom is 0.0642 e. The molecule has 0 spiro atoms. The van der Waals surface area contributed by atoms with Crippen LogP contribution in [0.5, 0.6) is 0 Å². The van der Waals surface area contributed by atoms with Crippen molar-refractivity contribution in [1.82, 2.24) is 0 Å². The minimum absolute atomic E-state index is 0.778. The van der Waals surface area contributed by atoms with Gasteiger partial charge < -0.3 is 9.64 Å². The fourth-order valence-corrected chi connectivity index (χ4v) is 3.15. The Balaban J connectivity index is 2.02. The molecule has 0 saturated carbocycles. The van der Waals surface area contributed by atoms with Crippen molar-refractivity contribution in [2.24, 2.45) is 0 Å². The summed E-state index contributed by atoms with van der Waals surface area (Å²) in [6.07, 6.45) is 0. The van der Waals surface area contributed by atoms with E-state index in [1.165, 1.54) is 17.0 Å². The van der Waals surface area contributed by atoms with E-state index in [0.29, 0.717) is 0 Å². The molecule has 0 aliphatic carbocycles. The lowest BCUT2D eigenvalue weighted by atomic mass is 10.1. The molecular formula is C14H13ClNOS. The average Bonchev–Trinajstić information content (AvgIpc) is 2.86. The molecule has 0 unspecified atom stereocenters. The van der Waals surface area contributed by atoms with E-state index in [0.717, 1.165) is 42.5 Å². The molecule has 1 fully saturated rings.